The minimum Gasteiger partial charge on any atom is -0.480 e. The van der Waals surface area contributed by atoms with E-state index in [1.165, 1.54) is 0 Å². The summed E-state index contributed by atoms with van der Waals surface area (Å²) in [5.74, 6) is 1.21. The van der Waals surface area contributed by atoms with Crippen molar-refractivity contribution in [3.8, 4) is 0 Å². The Morgan fingerprint density at radius 1 is 1.22 bits per heavy atom. The third kappa shape index (κ3) is 2.74. The predicted octanol–water partition coefficient (Wildman–Crippen LogP) is 1.34. The summed E-state index contributed by atoms with van der Waals surface area (Å²) < 4.78 is 0. The second-order valence-corrected chi connectivity index (χ2v) is 6.20. The number of carboxylic acids is 1. The zero-order valence-corrected chi connectivity index (χ0v) is 11.5. The van der Waals surface area contributed by atoms with E-state index in [1.807, 2.05) is 23.6 Å². The number of carbonyl (C=O) groups excluding carboxylic acids is 1. The fourth-order valence-electron chi connectivity index (χ4n) is 2.66. The predicted molar refractivity (Wildman–Crippen MR) is 70.8 cm³/mol. The highest BCUT2D eigenvalue weighted by Crippen LogP contribution is 2.26. The molecule has 18 heavy (non-hydrogen) atoms. The maximum Gasteiger partial charge on any atom is 0.326 e. The van der Waals surface area contributed by atoms with Gasteiger partial charge in [0, 0.05) is 25.4 Å². The van der Waals surface area contributed by atoms with Gasteiger partial charge in [-0.25, -0.2) is 9.59 Å². The Morgan fingerprint density at radius 3 is 2.72 bits per heavy atom. The van der Waals surface area contributed by atoms with Crippen LogP contribution < -0.4 is 0 Å². The monoisotopic (exact) mass is 272 g/mol. The lowest BCUT2D eigenvalue weighted by atomic mass is 10.0. The van der Waals surface area contributed by atoms with Gasteiger partial charge in [0.1, 0.15) is 6.04 Å². The molecule has 0 radical (unpaired) electrons. The van der Waals surface area contributed by atoms with E-state index in [-0.39, 0.29) is 11.9 Å². The summed E-state index contributed by atoms with van der Waals surface area (Å²) in [7, 11) is 0. The molecular weight excluding hydrogens is 252 g/mol. The first kappa shape index (κ1) is 13.5. The summed E-state index contributed by atoms with van der Waals surface area (Å²) in [6, 6.07) is -0.734. The smallest absolute Gasteiger partial charge is 0.326 e. The van der Waals surface area contributed by atoms with Gasteiger partial charge in [-0.15, -0.1) is 0 Å². The Balaban J connectivity index is 2.05. The van der Waals surface area contributed by atoms with Gasteiger partial charge >= 0.3 is 12.0 Å². The number of rotatable bonds is 1. The number of aliphatic carboxylic acids is 1. The molecule has 0 aromatic heterocycles. The molecule has 2 saturated heterocycles. The third-order valence-electron chi connectivity index (χ3n) is 3.69. The van der Waals surface area contributed by atoms with Crippen LogP contribution in [-0.4, -0.2) is 64.1 Å². The first-order chi connectivity index (χ1) is 8.61. The van der Waals surface area contributed by atoms with Gasteiger partial charge in [0.2, 0.25) is 0 Å². The van der Waals surface area contributed by atoms with Gasteiger partial charge in [0.05, 0.1) is 0 Å². The van der Waals surface area contributed by atoms with Crippen LogP contribution in [0, 0.1) is 5.92 Å². The molecule has 2 aliphatic heterocycles. The van der Waals surface area contributed by atoms with Crippen LogP contribution in [-0.2, 0) is 4.79 Å². The van der Waals surface area contributed by atoms with Crippen LogP contribution in [0.2, 0.25) is 0 Å². The standard InChI is InChI=1S/C12H20N2O3S/c1-9-3-5-14(10(9)11(15)16)12(17)13-4-2-7-18-8-6-13/h9-10H,2-8H2,1H3,(H,15,16). The first-order valence-electron chi connectivity index (χ1n) is 6.47. The number of hydrogen-bond acceptors (Lipinski definition) is 3. The van der Waals surface area contributed by atoms with Crippen molar-refractivity contribution in [2.75, 3.05) is 31.1 Å². The summed E-state index contributed by atoms with van der Waals surface area (Å²) >= 11 is 1.86. The molecule has 1 N–H and O–H groups in total. The lowest BCUT2D eigenvalue weighted by Gasteiger charge is -2.30. The number of urea groups is 1. The number of carbonyl (C=O) groups is 2. The molecule has 2 atom stereocenters. The van der Waals surface area contributed by atoms with Gasteiger partial charge in [-0.05, 0) is 24.5 Å². The SMILES string of the molecule is CC1CCN(C(=O)N2CCCSCC2)C1C(=O)O. The summed E-state index contributed by atoms with van der Waals surface area (Å²) in [5.41, 5.74) is 0. The molecule has 2 rings (SSSR count). The Morgan fingerprint density at radius 2 is 2.00 bits per heavy atom. The first-order valence-corrected chi connectivity index (χ1v) is 7.63. The number of carboxylic acid groups (broad SMARTS) is 1. The molecular formula is C12H20N2O3S. The van der Waals surface area contributed by atoms with Crippen molar-refractivity contribution in [2.24, 2.45) is 5.92 Å². The highest BCUT2D eigenvalue weighted by Gasteiger charge is 2.41. The summed E-state index contributed by atoms with van der Waals surface area (Å²) in [6.07, 6.45) is 1.78. The van der Waals surface area contributed by atoms with Crippen molar-refractivity contribution in [3.05, 3.63) is 0 Å². The average molecular weight is 272 g/mol. The summed E-state index contributed by atoms with van der Waals surface area (Å²) in [4.78, 5) is 27.0. The second-order valence-electron chi connectivity index (χ2n) is 4.98. The lowest BCUT2D eigenvalue weighted by Crippen LogP contribution is -2.49. The van der Waals surface area contributed by atoms with Crippen molar-refractivity contribution in [1.82, 2.24) is 9.80 Å². The molecule has 2 fully saturated rings. The van der Waals surface area contributed by atoms with E-state index in [9.17, 15) is 14.7 Å². The number of nitrogens with zero attached hydrogens (tertiary/aromatic N) is 2. The zero-order valence-electron chi connectivity index (χ0n) is 10.7. The fourth-order valence-corrected chi connectivity index (χ4v) is 3.54. The lowest BCUT2D eigenvalue weighted by molar-refractivity contribution is -0.142. The van der Waals surface area contributed by atoms with Crippen molar-refractivity contribution >= 4 is 23.8 Å². The molecule has 102 valence electrons. The van der Waals surface area contributed by atoms with Crippen molar-refractivity contribution in [1.29, 1.82) is 0 Å². The third-order valence-corrected chi connectivity index (χ3v) is 4.74. The van der Waals surface area contributed by atoms with Crippen molar-refractivity contribution in [2.45, 2.75) is 25.8 Å². The quantitative estimate of drug-likeness (QED) is 0.782. The van der Waals surface area contributed by atoms with Crippen LogP contribution in [0.15, 0.2) is 0 Å². The Bertz CT molecular complexity index is 329. The zero-order chi connectivity index (χ0) is 13.1. The molecule has 2 unspecified atom stereocenters. The highest BCUT2D eigenvalue weighted by molar-refractivity contribution is 7.99. The molecule has 0 aliphatic carbocycles. The Hall–Kier alpha value is -0.910. The summed E-state index contributed by atoms with van der Waals surface area (Å²) in [6.45, 7) is 3.97. The van der Waals surface area contributed by atoms with Crippen molar-refractivity contribution in [3.63, 3.8) is 0 Å². The fraction of sp³-hybridized carbons (Fsp3) is 0.833. The van der Waals surface area contributed by atoms with Gasteiger partial charge in [-0.3, -0.25) is 0 Å². The maximum absolute atomic E-state index is 12.4. The van der Waals surface area contributed by atoms with Crippen LogP contribution in [0.1, 0.15) is 19.8 Å². The Labute approximate surface area is 112 Å². The van der Waals surface area contributed by atoms with Crippen LogP contribution in [0.4, 0.5) is 4.79 Å². The van der Waals surface area contributed by atoms with E-state index in [1.54, 1.807) is 4.90 Å². The van der Waals surface area contributed by atoms with Gasteiger partial charge in [0.25, 0.3) is 0 Å². The van der Waals surface area contributed by atoms with E-state index in [2.05, 4.69) is 0 Å². The van der Waals surface area contributed by atoms with E-state index in [0.29, 0.717) is 6.54 Å². The van der Waals surface area contributed by atoms with Gasteiger partial charge in [-0.2, -0.15) is 11.8 Å². The van der Waals surface area contributed by atoms with E-state index < -0.39 is 12.0 Å². The molecule has 2 amide bonds. The van der Waals surface area contributed by atoms with Crippen molar-refractivity contribution < 1.29 is 14.7 Å². The molecule has 2 heterocycles. The number of thioether (sulfide) groups is 1. The van der Waals surface area contributed by atoms with E-state index in [0.717, 1.165) is 37.4 Å². The van der Waals surface area contributed by atoms with Crippen LogP contribution >= 0.6 is 11.8 Å². The topological polar surface area (TPSA) is 60.9 Å². The largest absolute Gasteiger partial charge is 0.480 e. The van der Waals surface area contributed by atoms with E-state index >= 15 is 0 Å². The number of likely N-dealkylation sites (tertiary alicyclic amines) is 1. The second kappa shape index (κ2) is 5.82. The minimum absolute atomic E-state index is 0.0489. The van der Waals surface area contributed by atoms with E-state index in [4.69, 9.17) is 0 Å². The Kier molecular flexibility index (Phi) is 4.37. The average Bonchev–Trinajstić information content (AvgIpc) is 2.56. The van der Waals surface area contributed by atoms with Crippen LogP contribution in [0.25, 0.3) is 0 Å². The molecule has 0 bridgehead atoms. The van der Waals surface area contributed by atoms with Crippen LogP contribution in [0.3, 0.4) is 0 Å². The van der Waals surface area contributed by atoms with Gasteiger partial charge in [0.15, 0.2) is 0 Å². The molecule has 0 spiro atoms. The number of hydrogen-bond donors (Lipinski definition) is 1. The summed E-state index contributed by atoms with van der Waals surface area (Å²) in [5, 5.41) is 9.24. The van der Waals surface area contributed by atoms with Gasteiger partial charge < -0.3 is 14.9 Å². The maximum atomic E-state index is 12.4. The molecule has 0 aromatic rings. The molecule has 6 heteroatoms. The normalized spacial score (nSPS) is 29.2. The molecule has 0 saturated carbocycles. The van der Waals surface area contributed by atoms with Gasteiger partial charge in [-0.1, -0.05) is 6.92 Å². The van der Waals surface area contributed by atoms with Crippen LogP contribution in [0.5, 0.6) is 0 Å². The molecule has 5 nitrogen and oxygen atoms in total. The number of amides is 2. The molecule has 2 aliphatic rings. The highest BCUT2D eigenvalue weighted by atomic mass is 32.2. The molecule has 0 aromatic carbocycles. The minimum atomic E-state index is -0.877.